The van der Waals surface area contributed by atoms with Crippen LogP contribution in [0.2, 0.25) is 0 Å². The normalized spacial score (nSPS) is 16.7. The van der Waals surface area contributed by atoms with Gasteiger partial charge in [0, 0.05) is 19.2 Å². The van der Waals surface area contributed by atoms with Crippen LogP contribution in [0.5, 0.6) is 23.0 Å². The van der Waals surface area contributed by atoms with Crippen LogP contribution >= 0.6 is 0 Å². The lowest BCUT2D eigenvalue weighted by atomic mass is 10.1. The third-order valence-electron chi connectivity index (χ3n) is 5.31. The number of nitrogens with one attached hydrogen (secondary N) is 1. The molecule has 2 aliphatic heterocycles. The Morgan fingerprint density at radius 1 is 1.19 bits per heavy atom. The largest absolute Gasteiger partial charge is 0.496 e. The zero-order chi connectivity index (χ0) is 22.0. The number of hydrogen-bond acceptors (Lipinski definition) is 8. The van der Waals surface area contributed by atoms with Crippen molar-refractivity contribution in [3.63, 3.8) is 0 Å². The van der Waals surface area contributed by atoms with E-state index in [2.05, 4.69) is 6.58 Å². The van der Waals surface area contributed by atoms with Gasteiger partial charge in [0.25, 0.3) is 0 Å². The molecule has 2 N–H and O–H groups in total. The van der Waals surface area contributed by atoms with E-state index in [4.69, 9.17) is 18.9 Å². The van der Waals surface area contributed by atoms with Crippen LogP contribution in [-0.2, 0) is 10.0 Å². The number of piperidine rings is 1. The topological polar surface area (TPSA) is 107 Å². The second-order valence-electron chi connectivity index (χ2n) is 7.16. The van der Waals surface area contributed by atoms with Gasteiger partial charge in [-0.3, -0.25) is 10.7 Å². The van der Waals surface area contributed by atoms with Gasteiger partial charge in [-0.1, -0.05) is 12.6 Å². The minimum atomic E-state index is -3.84. The second kappa shape index (κ2) is 8.66. The molecule has 2 aliphatic rings. The number of benzene rings is 2. The van der Waals surface area contributed by atoms with Crippen LogP contribution < -0.4 is 24.4 Å². The summed E-state index contributed by atoms with van der Waals surface area (Å²) in [6.45, 7) is 4.48. The van der Waals surface area contributed by atoms with Crippen molar-refractivity contribution < 1.29 is 32.6 Å². The van der Waals surface area contributed by atoms with E-state index in [1.165, 1.54) is 17.5 Å². The molecule has 31 heavy (non-hydrogen) atoms. The summed E-state index contributed by atoms with van der Waals surface area (Å²) in [5, 5.41) is 9.30. The standard InChI is InChI=1S/C21H24N2O7S/c1-14(22-24)21-18(27-2)4-3-5-20(21)31(25,26)23-10-8-15(9-11-23)30-16-6-7-17-19(12-16)29-13-28-17/h3-7,12,15,22,24H,1,8-11,13H2,2H3. The van der Waals surface area contributed by atoms with Crippen LogP contribution in [0.1, 0.15) is 18.4 Å². The molecular weight excluding hydrogens is 424 g/mol. The molecule has 1 fully saturated rings. The summed E-state index contributed by atoms with van der Waals surface area (Å²) in [5.41, 5.74) is 2.17. The third-order valence-corrected chi connectivity index (χ3v) is 7.25. The van der Waals surface area contributed by atoms with E-state index < -0.39 is 10.0 Å². The molecule has 0 saturated carbocycles. The summed E-state index contributed by atoms with van der Waals surface area (Å²) >= 11 is 0. The monoisotopic (exact) mass is 448 g/mol. The molecule has 0 bridgehead atoms. The first-order chi connectivity index (χ1) is 14.9. The number of nitrogens with zero attached hydrogens (tertiary/aromatic N) is 1. The van der Waals surface area contributed by atoms with Crippen molar-refractivity contribution in [3.05, 3.63) is 48.5 Å². The smallest absolute Gasteiger partial charge is 0.243 e. The van der Waals surface area contributed by atoms with Crippen molar-refractivity contribution in [2.45, 2.75) is 23.8 Å². The number of fused-ring (bicyclic) bond motifs is 1. The van der Waals surface area contributed by atoms with E-state index in [0.29, 0.717) is 48.9 Å². The Hall–Kier alpha value is -2.95. The molecule has 0 spiro atoms. The maximum absolute atomic E-state index is 13.3. The third kappa shape index (κ3) is 4.14. The molecule has 0 aromatic heterocycles. The van der Waals surface area contributed by atoms with Crippen molar-refractivity contribution in [2.24, 2.45) is 0 Å². The van der Waals surface area contributed by atoms with Gasteiger partial charge in [0.1, 0.15) is 17.6 Å². The molecule has 0 unspecified atom stereocenters. The van der Waals surface area contributed by atoms with E-state index in [1.54, 1.807) is 24.3 Å². The molecule has 2 aromatic carbocycles. The first kappa shape index (κ1) is 21.3. The predicted octanol–water partition coefficient (Wildman–Crippen LogP) is 2.61. The molecular formula is C21H24N2O7S. The molecule has 4 rings (SSSR count). The fourth-order valence-corrected chi connectivity index (χ4v) is 5.42. The lowest BCUT2D eigenvalue weighted by Crippen LogP contribution is -2.42. The maximum Gasteiger partial charge on any atom is 0.243 e. The number of rotatable bonds is 7. The first-order valence-electron chi connectivity index (χ1n) is 9.77. The highest BCUT2D eigenvalue weighted by molar-refractivity contribution is 7.89. The summed E-state index contributed by atoms with van der Waals surface area (Å²) < 4.78 is 50.1. The van der Waals surface area contributed by atoms with Crippen LogP contribution in [0.4, 0.5) is 0 Å². The number of hydrogen-bond donors (Lipinski definition) is 2. The summed E-state index contributed by atoms with van der Waals surface area (Å²) in [4.78, 5) is 0.0218. The molecule has 0 aliphatic carbocycles. The molecule has 0 atom stereocenters. The SMILES string of the molecule is C=C(NO)c1c(OC)cccc1S(=O)(=O)N1CCC(Oc2ccc3c(c2)OCO3)CC1. The quantitative estimate of drug-likeness (QED) is 0.623. The molecule has 0 amide bonds. The summed E-state index contributed by atoms with van der Waals surface area (Å²) in [7, 11) is -2.41. The van der Waals surface area contributed by atoms with Gasteiger partial charge in [0.05, 0.1) is 23.3 Å². The minimum Gasteiger partial charge on any atom is -0.496 e. The van der Waals surface area contributed by atoms with Gasteiger partial charge in [-0.25, -0.2) is 8.42 Å². The van der Waals surface area contributed by atoms with Gasteiger partial charge < -0.3 is 18.9 Å². The van der Waals surface area contributed by atoms with Crippen LogP contribution in [0.25, 0.3) is 5.70 Å². The lowest BCUT2D eigenvalue weighted by Gasteiger charge is -2.32. The highest BCUT2D eigenvalue weighted by atomic mass is 32.2. The number of sulfonamides is 1. The van der Waals surface area contributed by atoms with Crippen LogP contribution in [0, 0.1) is 0 Å². The van der Waals surface area contributed by atoms with Gasteiger partial charge in [0.15, 0.2) is 11.5 Å². The Balaban J connectivity index is 1.48. The highest BCUT2D eigenvalue weighted by Crippen LogP contribution is 2.37. The molecule has 9 nitrogen and oxygen atoms in total. The summed E-state index contributed by atoms with van der Waals surface area (Å²) in [6, 6.07) is 10.1. The summed E-state index contributed by atoms with van der Waals surface area (Å²) in [6.07, 6.45) is 0.948. The van der Waals surface area contributed by atoms with E-state index >= 15 is 0 Å². The van der Waals surface area contributed by atoms with Crippen molar-refractivity contribution in [1.82, 2.24) is 9.79 Å². The molecule has 2 aromatic rings. The number of ether oxygens (including phenoxy) is 4. The number of hydroxylamine groups is 1. The Bertz CT molecular complexity index is 1080. The predicted molar refractivity (Wildman–Crippen MR) is 112 cm³/mol. The average molecular weight is 448 g/mol. The zero-order valence-electron chi connectivity index (χ0n) is 17.0. The summed E-state index contributed by atoms with van der Waals surface area (Å²) in [5.74, 6) is 2.28. The Morgan fingerprint density at radius 3 is 2.65 bits per heavy atom. The molecule has 166 valence electrons. The molecule has 0 radical (unpaired) electrons. The molecule has 2 heterocycles. The van der Waals surface area contributed by atoms with Gasteiger partial charge >= 0.3 is 0 Å². The van der Waals surface area contributed by atoms with Crippen LogP contribution in [0.3, 0.4) is 0 Å². The molecule has 1 saturated heterocycles. The van der Waals surface area contributed by atoms with Gasteiger partial charge in [0.2, 0.25) is 16.8 Å². The Labute approximate surface area is 180 Å². The van der Waals surface area contributed by atoms with Crippen molar-refractivity contribution in [3.8, 4) is 23.0 Å². The van der Waals surface area contributed by atoms with E-state index in [9.17, 15) is 13.6 Å². The van der Waals surface area contributed by atoms with Gasteiger partial charge in [-0.2, -0.15) is 4.31 Å². The van der Waals surface area contributed by atoms with Gasteiger partial charge in [-0.15, -0.1) is 0 Å². The second-order valence-corrected chi connectivity index (χ2v) is 9.07. The Kier molecular flexibility index (Phi) is 5.94. The highest BCUT2D eigenvalue weighted by Gasteiger charge is 2.33. The van der Waals surface area contributed by atoms with Gasteiger partial charge in [-0.05, 0) is 37.1 Å². The van der Waals surface area contributed by atoms with E-state index in [0.717, 1.165) is 0 Å². The fourth-order valence-electron chi connectivity index (χ4n) is 3.72. The van der Waals surface area contributed by atoms with Crippen LogP contribution in [0.15, 0.2) is 47.9 Å². The van der Waals surface area contributed by atoms with Crippen molar-refractivity contribution in [1.29, 1.82) is 0 Å². The fraction of sp³-hybridized carbons (Fsp3) is 0.333. The van der Waals surface area contributed by atoms with Crippen LogP contribution in [-0.4, -0.2) is 51.0 Å². The van der Waals surface area contributed by atoms with E-state index in [-0.39, 0.29) is 29.1 Å². The maximum atomic E-state index is 13.3. The lowest BCUT2D eigenvalue weighted by molar-refractivity contribution is 0.134. The first-order valence-corrected chi connectivity index (χ1v) is 11.2. The Morgan fingerprint density at radius 2 is 1.94 bits per heavy atom. The van der Waals surface area contributed by atoms with Crippen molar-refractivity contribution >= 4 is 15.7 Å². The zero-order valence-corrected chi connectivity index (χ0v) is 17.9. The molecule has 10 heteroatoms. The van der Waals surface area contributed by atoms with E-state index in [1.807, 2.05) is 11.5 Å². The minimum absolute atomic E-state index is 0.0218. The van der Waals surface area contributed by atoms with Crippen molar-refractivity contribution in [2.75, 3.05) is 27.0 Å². The number of methoxy groups -OCH3 is 1. The average Bonchev–Trinajstić information content (AvgIpc) is 3.26.